The summed E-state index contributed by atoms with van der Waals surface area (Å²) in [6.07, 6.45) is 3.35. The third kappa shape index (κ3) is 3.02. The molecule has 1 heterocycles. The van der Waals surface area contributed by atoms with Crippen molar-refractivity contribution in [3.63, 3.8) is 0 Å². The van der Waals surface area contributed by atoms with Gasteiger partial charge < -0.3 is 15.1 Å². The molecule has 0 fully saturated rings. The van der Waals surface area contributed by atoms with Crippen LogP contribution in [0.2, 0.25) is 0 Å². The number of nitrogens with one attached hydrogen (secondary N) is 3. The van der Waals surface area contributed by atoms with Crippen LogP contribution in [0.3, 0.4) is 0 Å². The summed E-state index contributed by atoms with van der Waals surface area (Å²) in [6.45, 7) is 5.48. The molecule has 0 unspecified atom stereocenters. The Bertz CT molecular complexity index is 390. The Hall–Kier alpha value is -1.97. The minimum atomic E-state index is 0.213. The molecule has 1 aromatic rings. The van der Waals surface area contributed by atoms with Crippen molar-refractivity contribution in [2.75, 3.05) is 7.05 Å². The van der Waals surface area contributed by atoms with E-state index in [1.54, 1.807) is 25.4 Å². The first-order chi connectivity index (χ1) is 7.17. The molecule has 0 aliphatic carbocycles. The molecule has 0 atom stereocenters. The Morgan fingerprint density at radius 1 is 1.53 bits per heavy atom. The second-order valence-corrected chi connectivity index (χ2v) is 3.00. The molecule has 15 heavy (non-hydrogen) atoms. The van der Waals surface area contributed by atoms with E-state index in [1.807, 2.05) is 13.0 Å². The van der Waals surface area contributed by atoms with Crippen LogP contribution in [0.25, 0.3) is 0 Å². The molecule has 0 radical (unpaired) electrons. The Morgan fingerprint density at radius 2 is 2.27 bits per heavy atom. The van der Waals surface area contributed by atoms with E-state index >= 15 is 0 Å². The van der Waals surface area contributed by atoms with Crippen LogP contribution < -0.4 is 10.6 Å². The van der Waals surface area contributed by atoms with Gasteiger partial charge in [0, 0.05) is 13.2 Å². The molecule has 0 saturated heterocycles. The molecule has 0 amide bonds. The highest BCUT2D eigenvalue weighted by molar-refractivity contribution is 5.95. The maximum atomic E-state index is 7.73. The predicted molar refractivity (Wildman–Crippen MR) is 60.7 cm³/mol. The number of rotatable bonds is 4. The van der Waals surface area contributed by atoms with Crippen molar-refractivity contribution >= 4 is 5.84 Å². The summed E-state index contributed by atoms with van der Waals surface area (Å²) in [4.78, 5) is 0. The van der Waals surface area contributed by atoms with E-state index in [-0.39, 0.29) is 5.84 Å². The van der Waals surface area contributed by atoms with Crippen LogP contribution in [0, 0.1) is 12.3 Å². The fraction of sp³-hybridized carbons (Fsp3) is 0.182. The maximum absolute atomic E-state index is 7.73. The van der Waals surface area contributed by atoms with E-state index in [9.17, 15) is 0 Å². The fourth-order valence-electron chi connectivity index (χ4n) is 1.08. The van der Waals surface area contributed by atoms with Gasteiger partial charge in [-0.2, -0.15) is 0 Å². The minimum Gasteiger partial charge on any atom is -0.458 e. The molecule has 0 aromatic carbocycles. The van der Waals surface area contributed by atoms with Gasteiger partial charge in [-0.1, -0.05) is 6.58 Å². The van der Waals surface area contributed by atoms with Gasteiger partial charge in [-0.05, 0) is 25.1 Å². The minimum absolute atomic E-state index is 0.213. The summed E-state index contributed by atoms with van der Waals surface area (Å²) < 4.78 is 5.30. The van der Waals surface area contributed by atoms with Crippen LogP contribution in [0.15, 0.2) is 41.1 Å². The number of aryl methyl sites for hydroxylation is 1. The number of hydrogen-bond donors (Lipinski definition) is 3. The van der Waals surface area contributed by atoms with Gasteiger partial charge in [0.1, 0.15) is 5.76 Å². The van der Waals surface area contributed by atoms with E-state index in [4.69, 9.17) is 9.83 Å². The average molecular weight is 205 g/mol. The Morgan fingerprint density at radius 3 is 2.73 bits per heavy atom. The molecule has 0 bridgehead atoms. The van der Waals surface area contributed by atoms with Crippen molar-refractivity contribution in [2.24, 2.45) is 0 Å². The van der Waals surface area contributed by atoms with Crippen LogP contribution >= 0.6 is 0 Å². The number of furan rings is 1. The number of allylic oxidation sites excluding steroid dienone is 1. The predicted octanol–water partition coefficient (Wildman–Crippen LogP) is 1.75. The van der Waals surface area contributed by atoms with Gasteiger partial charge in [-0.15, -0.1) is 0 Å². The highest BCUT2D eigenvalue weighted by Gasteiger charge is 2.05. The fourth-order valence-corrected chi connectivity index (χ4v) is 1.08. The summed E-state index contributed by atoms with van der Waals surface area (Å²) >= 11 is 0. The largest absolute Gasteiger partial charge is 0.458 e. The summed E-state index contributed by atoms with van der Waals surface area (Å²) in [5.41, 5.74) is 0.719. The highest BCUT2D eigenvalue weighted by atomic mass is 16.3. The zero-order chi connectivity index (χ0) is 11.3. The molecule has 0 aliphatic heterocycles. The van der Waals surface area contributed by atoms with Crippen molar-refractivity contribution < 1.29 is 4.42 Å². The lowest BCUT2D eigenvalue weighted by atomic mass is 10.3. The molecule has 0 saturated carbocycles. The topological polar surface area (TPSA) is 61.0 Å². The van der Waals surface area contributed by atoms with E-state index in [0.29, 0.717) is 5.76 Å². The van der Waals surface area contributed by atoms with Gasteiger partial charge in [-0.25, -0.2) is 0 Å². The van der Waals surface area contributed by atoms with Crippen molar-refractivity contribution in [1.29, 1.82) is 5.41 Å². The van der Waals surface area contributed by atoms with E-state index in [0.717, 1.165) is 11.5 Å². The first-order valence-electron chi connectivity index (χ1n) is 4.59. The van der Waals surface area contributed by atoms with Crippen LogP contribution in [0.1, 0.15) is 11.5 Å². The summed E-state index contributed by atoms with van der Waals surface area (Å²) in [6, 6.07) is 3.58. The van der Waals surface area contributed by atoms with Gasteiger partial charge in [0.25, 0.3) is 0 Å². The number of amidine groups is 1. The lowest BCUT2D eigenvalue weighted by Crippen LogP contribution is -2.22. The van der Waals surface area contributed by atoms with Gasteiger partial charge in [0.15, 0.2) is 11.6 Å². The Kier molecular flexibility index (Phi) is 3.74. The van der Waals surface area contributed by atoms with Crippen LogP contribution in [-0.2, 0) is 0 Å². The van der Waals surface area contributed by atoms with Crippen molar-refractivity contribution in [3.8, 4) is 0 Å². The highest BCUT2D eigenvalue weighted by Crippen LogP contribution is 2.06. The molecular formula is C11H15N3O. The van der Waals surface area contributed by atoms with Gasteiger partial charge in [-0.3, -0.25) is 5.41 Å². The molecule has 1 aromatic heterocycles. The zero-order valence-corrected chi connectivity index (χ0v) is 8.92. The smallest absolute Gasteiger partial charge is 0.168 e. The van der Waals surface area contributed by atoms with Crippen LogP contribution in [0.5, 0.6) is 0 Å². The van der Waals surface area contributed by atoms with Gasteiger partial charge in [0.2, 0.25) is 0 Å². The second kappa shape index (κ2) is 5.05. The third-order valence-corrected chi connectivity index (χ3v) is 1.78. The monoisotopic (exact) mass is 205 g/mol. The Labute approximate surface area is 89.2 Å². The SMILES string of the molecule is C=C/C(=C\NC)NC(=N)c1ccc(C)o1. The summed E-state index contributed by atoms with van der Waals surface area (Å²) in [5.74, 6) is 1.51. The van der Waals surface area contributed by atoms with E-state index in [2.05, 4.69) is 17.2 Å². The van der Waals surface area contributed by atoms with Crippen LogP contribution in [-0.4, -0.2) is 12.9 Å². The van der Waals surface area contributed by atoms with E-state index < -0.39 is 0 Å². The normalized spacial score (nSPS) is 10.9. The van der Waals surface area contributed by atoms with Crippen molar-refractivity contribution in [3.05, 3.63) is 48.2 Å². The van der Waals surface area contributed by atoms with Gasteiger partial charge in [0.05, 0.1) is 5.70 Å². The molecule has 0 spiro atoms. The first-order valence-corrected chi connectivity index (χ1v) is 4.59. The van der Waals surface area contributed by atoms with Crippen molar-refractivity contribution in [1.82, 2.24) is 10.6 Å². The lowest BCUT2D eigenvalue weighted by molar-refractivity contribution is 0.522. The molecular weight excluding hydrogens is 190 g/mol. The maximum Gasteiger partial charge on any atom is 0.168 e. The Balaban J connectivity index is 2.70. The summed E-state index contributed by atoms with van der Waals surface area (Å²) in [7, 11) is 1.78. The molecule has 1 rings (SSSR count). The lowest BCUT2D eigenvalue weighted by Gasteiger charge is -2.05. The quantitative estimate of drug-likeness (QED) is 0.398. The molecule has 80 valence electrons. The molecule has 3 N–H and O–H groups in total. The first kappa shape index (κ1) is 11.1. The number of hydrogen-bond acceptors (Lipinski definition) is 3. The molecule has 4 heteroatoms. The third-order valence-electron chi connectivity index (χ3n) is 1.78. The molecule has 0 aliphatic rings. The summed E-state index contributed by atoms with van der Waals surface area (Å²) in [5, 5.41) is 13.5. The zero-order valence-electron chi connectivity index (χ0n) is 8.92. The van der Waals surface area contributed by atoms with Crippen molar-refractivity contribution in [2.45, 2.75) is 6.92 Å². The van der Waals surface area contributed by atoms with E-state index in [1.165, 1.54) is 0 Å². The van der Waals surface area contributed by atoms with Crippen LogP contribution in [0.4, 0.5) is 0 Å². The molecule has 4 nitrogen and oxygen atoms in total. The standard InChI is InChI=1S/C11H15N3O/c1-4-9(7-13-3)14-11(12)10-6-5-8(2)15-10/h4-7,13H,1H2,2-3H3,(H2,12,14)/b9-7+. The average Bonchev–Trinajstić information content (AvgIpc) is 2.64. The second-order valence-electron chi connectivity index (χ2n) is 3.00. The van der Waals surface area contributed by atoms with Gasteiger partial charge >= 0.3 is 0 Å².